The van der Waals surface area contributed by atoms with Crippen molar-refractivity contribution >= 4 is 23.8 Å². The monoisotopic (exact) mass is 381 g/mol. The van der Waals surface area contributed by atoms with Crippen molar-refractivity contribution < 1.29 is 34.8 Å². The number of amides is 2. The van der Waals surface area contributed by atoms with Gasteiger partial charge in [-0.15, -0.1) is 4.91 Å². The summed E-state index contributed by atoms with van der Waals surface area (Å²) >= 11 is 0.535. The third-order valence-electron chi connectivity index (χ3n) is 3.79. The van der Waals surface area contributed by atoms with E-state index in [-0.39, 0.29) is 0 Å². The van der Waals surface area contributed by atoms with E-state index in [0.29, 0.717) is 11.9 Å². The van der Waals surface area contributed by atoms with Gasteiger partial charge in [-0.1, -0.05) is 0 Å². The molecular weight excluding hydrogens is 358 g/mol. The molecule has 6 atom stereocenters. The first kappa shape index (κ1) is 21.7. The van der Waals surface area contributed by atoms with E-state index in [9.17, 15) is 29.8 Å². The molecule has 1 rings (SSSR count). The van der Waals surface area contributed by atoms with Crippen molar-refractivity contribution in [3.8, 4) is 0 Å². The number of aliphatic hydroxyl groups is 4. The van der Waals surface area contributed by atoms with Crippen LogP contribution in [0, 0.1) is 4.91 Å². The first-order chi connectivity index (χ1) is 11.5. The van der Waals surface area contributed by atoms with E-state index in [2.05, 4.69) is 15.2 Å². The summed E-state index contributed by atoms with van der Waals surface area (Å²) < 4.78 is 6.49. The standard InChI is InChI=1S/C13H23N3O8S/c1-5(18)14-10(13(2,3)25-16-23)11(21)15-7-9(20)8(19)6(4-17)24-12(7)22/h6-10,12,17,19-20,22H,4H2,1-3H3,(H,14,18)(H,15,21)/t6-,7+,8+,9-,10-,12-/m1/s1. The van der Waals surface area contributed by atoms with Crippen LogP contribution in [0.5, 0.6) is 0 Å². The first-order valence-corrected chi connectivity index (χ1v) is 8.21. The number of nitroso groups, excluding NO2 is 1. The largest absolute Gasteiger partial charge is 0.394 e. The molecule has 0 aliphatic carbocycles. The zero-order chi connectivity index (χ0) is 19.4. The lowest BCUT2D eigenvalue weighted by Crippen LogP contribution is -2.67. The minimum atomic E-state index is -1.70. The molecule has 1 fully saturated rings. The van der Waals surface area contributed by atoms with Gasteiger partial charge in [-0.2, -0.15) is 0 Å². The predicted molar refractivity (Wildman–Crippen MR) is 87.0 cm³/mol. The number of carbonyl (C=O) groups excluding carboxylic acids is 2. The maximum Gasteiger partial charge on any atom is 0.244 e. The van der Waals surface area contributed by atoms with Gasteiger partial charge in [0.1, 0.15) is 30.4 Å². The second kappa shape index (κ2) is 8.87. The molecule has 1 heterocycles. The molecule has 0 saturated carbocycles. The van der Waals surface area contributed by atoms with E-state index in [0.717, 1.165) is 0 Å². The fourth-order valence-electron chi connectivity index (χ4n) is 2.41. The summed E-state index contributed by atoms with van der Waals surface area (Å²) in [5.74, 6) is -1.36. The third-order valence-corrected chi connectivity index (χ3v) is 4.57. The average Bonchev–Trinajstić information content (AvgIpc) is 2.52. The smallest absolute Gasteiger partial charge is 0.244 e. The average molecular weight is 381 g/mol. The van der Waals surface area contributed by atoms with Crippen LogP contribution in [0.2, 0.25) is 0 Å². The maximum absolute atomic E-state index is 12.5. The Labute approximate surface area is 148 Å². The van der Waals surface area contributed by atoms with Crippen molar-refractivity contribution in [3.05, 3.63) is 4.91 Å². The number of nitrogens with one attached hydrogen (secondary N) is 2. The van der Waals surface area contributed by atoms with Crippen molar-refractivity contribution in [2.45, 2.75) is 62.2 Å². The highest BCUT2D eigenvalue weighted by molar-refractivity contribution is 7.99. The van der Waals surface area contributed by atoms with Gasteiger partial charge in [0.05, 0.1) is 11.4 Å². The topological polar surface area (TPSA) is 178 Å². The van der Waals surface area contributed by atoms with Crippen molar-refractivity contribution in [1.29, 1.82) is 0 Å². The Balaban J connectivity index is 2.95. The molecule has 1 aliphatic rings. The van der Waals surface area contributed by atoms with Crippen molar-refractivity contribution in [2.75, 3.05) is 6.61 Å². The molecule has 6 N–H and O–H groups in total. The zero-order valence-electron chi connectivity index (χ0n) is 13.9. The summed E-state index contributed by atoms with van der Waals surface area (Å²) in [6, 6.07) is -2.63. The van der Waals surface area contributed by atoms with E-state index in [1.54, 1.807) is 0 Å². The van der Waals surface area contributed by atoms with Gasteiger partial charge in [-0.05, 0) is 13.8 Å². The number of hydrogen-bond donors (Lipinski definition) is 6. The molecule has 0 spiro atoms. The van der Waals surface area contributed by atoms with E-state index in [4.69, 9.17) is 9.84 Å². The Bertz CT molecular complexity index is 506. The second-order valence-electron chi connectivity index (χ2n) is 6.17. The number of hydrogen-bond acceptors (Lipinski definition) is 10. The van der Waals surface area contributed by atoms with Gasteiger partial charge in [0, 0.05) is 23.5 Å². The molecule has 2 amide bonds. The van der Waals surface area contributed by atoms with Crippen LogP contribution in [-0.4, -0.2) is 80.3 Å². The number of ether oxygens (including phenoxy) is 1. The minimum absolute atomic E-state index is 0.535. The maximum atomic E-state index is 12.5. The molecule has 11 nitrogen and oxygen atoms in total. The molecule has 0 radical (unpaired) electrons. The van der Waals surface area contributed by atoms with Gasteiger partial charge in [0.2, 0.25) is 11.8 Å². The number of rotatable bonds is 7. The normalized spacial score (nSPS) is 31.1. The van der Waals surface area contributed by atoms with Crippen LogP contribution >= 0.6 is 11.9 Å². The summed E-state index contributed by atoms with van der Waals surface area (Å²) in [5.41, 5.74) is 0. The van der Waals surface area contributed by atoms with E-state index in [1.165, 1.54) is 20.8 Å². The van der Waals surface area contributed by atoms with Crippen LogP contribution in [0.4, 0.5) is 0 Å². The first-order valence-electron chi connectivity index (χ1n) is 7.44. The van der Waals surface area contributed by atoms with Crippen molar-refractivity contribution in [3.63, 3.8) is 0 Å². The van der Waals surface area contributed by atoms with Crippen LogP contribution in [-0.2, 0) is 14.3 Å². The van der Waals surface area contributed by atoms with E-state index < -0.39 is 59.9 Å². The van der Waals surface area contributed by atoms with Crippen LogP contribution in [0.15, 0.2) is 4.58 Å². The van der Waals surface area contributed by atoms with Gasteiger partial charge in [-0.25, -0.2) is 0 Å². The molecule has 0 aromatic carbocycles. The Hall–Kier alpha value is -1.31. The molecule has 0 unspecified atom stereocenters. The second-order valence-corrected chi connectivity index (χ2v) is 7.55. The summed E-state index contributed by atoms with van der Waals surface area (Å²) in [6.45, 7) is 3.54. The fraction of sp³-hybridized carbons (Fsp3) is 0.846. The highest BCUT2D eigenvalue weighted by atomic mass is 32.2. The predicted octanol–water partition coefficient (Wildman–Crippen LogP) is -2.40. The summed E-state index contributed by atoms with van der Waals surface area (Å²) in [7, 11) is 0. The molecule has 25 heavy (non-hydrogen) atoms. The molecule has 0 bridgehead atoms. The van der Waals surface area contributed by atoms with Gasteiger partial charge in [-0.3, -0.25) is 9.59 Å². The molecule has 1 aliphatic heterocycles. The molecular formula is C13H23N3O8S. The minimum Gasteiger partial charge on any atom is -0.394 e. The lowest BCUT2D eigenvalue weighted by molar-refractivity contribution is -0.254. The van der Waals surface area contributed by atoms with Crippen LogP contribution in [0.3, 0.4) is 0 Å². The summed E-state index contributed by atoms with van der Waals surface area (Å²) in [4.78, 5) is 34.4. The molecule has 1 saturated heterocycles. The summed E-state index contributed by atoms with van der Waals surface area (Å²) in [6.07, 6.45) is -6.08. The molecule has 144 valence electrons. The van der Waals surface area contributed by atoms with Crippen LogP contribution < -0.4 is 10.6 Å². The lowest BCUT2D eigenvalue weighted by atomic mass is 9.95. The van der Waals surface area contributed by atoms with E-state index in [1.807, 2.05) is 0 Å². The third kappa shape index (κ3) is 5.33. The van der Waals surface area contributed by atoms with Gasteiger partial charge < -0.3 is 35.8 Å². The zero-order valence-corrected chi connectivity index (χ0v) is 14.8. The Morgan fingerprint density at radius 3 is 2.36 bits per heavy atom. The lowest BCUT2D eigenvalue weighted by Gasteiger charge is -2.41. The van der Waals surface area contributed by atoms with Crippen LogP contribution in [0.25, 0.3) is 0 Å². The Morgan fingerprint density at radius 1 is 1.28 bits per heavy atom. The quantitative estimate of drug-likeness (QED) is 0.207. The van der Waals surface area contributed by atoms with Crippen molar-refractivity contribution in [1.82, 2.24) is 10.6 Å². The fourth-order valence-corrected chi connectivity index (χ4v) is 2.87. The Kier molecular flexibility index (Phi) is 7.71. The SMILES string of the molecule is CC(=O)N[C@H](C(=O)N[C@H]1[C@@H](O)[C@@H](O)[C@@H](CO)O[C@H]1O)C(C)(C)SN=O. The number of carbonyl (C=O) groups is 2. The highest BCUT2D eigenvalue weighted by Crippen LogP contribution is 2.29. The molecule has 0 aromatic rings. The molecule has 12 heteroatoms. The van der Waals surface area contributed by atoms with Crippen molar-refractivity contribution in [2.24, 2.45) is 4.58 Å². The summed E-state index contributed by atoms with van der Waals surface area (Å²) in [5, 5.41) is 43.5. The van der Waals surface area contributed by atoms with Gasteiger partial charge in [0.25, 0.3) is 0 Å². The van der Waals surface area contributed by atoms with Gasteiger partial charge >= 0.3 is 0 Å². The van der Waals surface area contributed by atoms with Gasteiger partial charge in [0.15, 0.2) is 6.29 Å². The number of aliphatic hydroxyl groups excluding tert-OH is 4. The Morgan fingerprint density at radius 2 is 1.88 bits per heavy atom. The number of nitrogens with zero attached hydrogens (tertiary/aromatic N) is 1. The highest BCUT2D eigenvalue weighted by Gasteiger charge is 2.46. The van der Waals surface area contributed by atoms with Crippen LogP contribution in [0.1, 0.15) is 20.8 Å². The molecule has 0 aromatic heterocycles. The van der Waals surface area contributed by atoms with E-state index >= 15 is 0 Å².